The summed E-state index contributed by atoms with van der Waals surface area (Å²) in [5.41, 5.74) is 1.34. The van der Waals surface area contributed by atoms with Crippen molar-refractivity contribution >= 4 is 55.9 Å². The van der Waals surface area contributed by atoms with Crippen molar-refractivity contribution < 1.29 is 19.4 Å². The van der Waals surface area contributed by atoms with E-state index in [9.17, 15) is 14.7 Å². The van der Waals surface area contributed by atoms with Gasteiger partial charge in [-0.2, -0.15) is 5.10 Å². The van der Waals surface area contributed by atoms with Crippen LogP contribution in [0.4, 0.5) is 5.13 Å². The van der Waals surface area contributed by atoms with E-state index in [0.717, 1.165) is 17.0 Å². The minimum atomic E-state index is -1.07. The Morgan fingerprint density at radius 3 is 2.82 bits per heavy atom. The van der Waals surface area contributed by atoms with Crippen LogP contribution in [-0.4, -0.2) is 73.6 Å². The van der Waals surface area contributed by atoms with Gasteiger partial charge in [-0.1, -0.05) is 22.9 Å². The summed E-state index contributed by atoms with van der Waals surface area (Å²) in [7, 11) is 1.68. The van der Waals surface area contributed by atoms with Gasteiger partial charge < -0.3 is 25.0 Å². The number of nitrogens with zero attached hydrogens (tertiary/aromatic N) is 5. The summed E-state index contributed by atoms with van der Waals surface area (Å²) >= 11 is 10.7. The summed E-state index contributed by atoms with van der Waals surface area (Å²) in [5.74, 6) is -1.00. The maximum atomic E-state index is 12.9. The molecule has 3 aromatic heterocycles. The quantitative estimate of drug-likeness (QED) is 0.393. The van der Waals surface area contributed by atoms with Crippen molar-refractivity contribution in [2.45, 2.75) is 32.4 Å². The van der Waals surface area contributed by atoms with Crippen molar-refractivity contribution in [3.63, 3.8) is 0 Å². The molecule has 3 aromatic rings. The van der Waals surface area contributed by atoms with E-state index in [1.54, 1.807) is 7.05 Å². The van der Waals surface area contributed by atoms with Crippen LogP contribution in [0.25, 0.3) is 11.5 Å². The SMILES string of the molecule is CCOC1CN(c2nc(-c3ncnn3C)c(C(=O)O)s2)CCC1NC(=O)c1[nH]c(C)c(Br)c1Cl. The summed E-state index contributed by atoms with van der Waals surface area (Å²) in [5, 5.41) is 17.6. The molecule has 1 saturated heterocycles. The van der Waals surface area contributed by atoms with Crippen LogP contribution in [0.2, 0.25) is 5.02 Å². The molecule has 0 aromatic carbocycles. The number of hydrogen-bond acceptors (Lipinski definition) is 8. The van der Waals surface area contributed by atoms with Crippen LogP contribution in [-0.2, 0) is 11.8 Å². The van der Waals surface area contributed by atoms with Gasteiger partial charge in [0, 0.05) is 32.4 Å². The molecule has 1 fully saturated rings. The number of halogens is 2. The lowest BCUT2D eigenvalue weighted by Crippen LogP contribution is -2.55. The molecule has 0 bridgehead atoms. The number of carboxylic acid groups (broad SMARTS) is 1. The number of carbonyl (C=O) groups excluding carboxylic acids is 1. The van der Waals surface area contributed by atoms with Crippen LogP contribution in [0.3, 0.4) is 0 Å². The lowest BCUT2D eigenvalue weighted by Gasteiger charge is -2.38. The number of aromatic carboxylic acids is 1. The molecule has 11 nitrogen and oxygen atoms in total. The van der Waals surface area contributed by atoms with Gasteiger partial charge in [0.2, 0.25) is 0 Å². The molecule has 0 spiro atoms. The minimum Gasteiger partial charge on any atom is -0.477 e. The number of hydrogen-bond donors (Lipinski definition) is 3. The zero-order valence-electron chi connectivity index (χ0n) is 18.6. The molecule has 1 amide bonds. The number of aromatic amines is 1. The first-order chi connectivity index (χ1) is 16.2. The Morgan fingerprint density at radius 1 is 1.47 bits per heavy atom. The van der Waals surface area contributed by atoms with Gasteiger partial charge >= 0.3 is 5.97 Å². The third-order valence-corrected chi connectivity index (χ3v) is 8.24. The van der Waals surface area contributed by atoms with E-state index >= 15 is 0 Å². The van der Waals surface area contributed by atoms with Crippen molar-refractivity contribution in [3.05, 3.63) is 32.1 Å². The fourth-order valence-corrected chi connectivity index (χ4v) is 5.37. The Kier molecular flexibility index (Phi) is 7.26. The number of nitrogens with one attached hydrogen (secondary N) is 2. The second-order valence-electron chi connectivity index (χ2n) is 7.75. The van der Waals surface area contributed by atoms with Crippen LogP contribution < -0.4 is 10.2 Å². The third kappa shape index (κ3) is 4.69. The Hall–Kier alpha value is -2.48. The molecular formula is C20H23BrClN7O4S. The molecule has 0 radical (unpaired) electrons. The number of aromatic nitrogens is 5. The van der Waals surface area contributed by atoms with Crippen molar-refractivity contribution in [3.8, 4) is 11.5 Å². The van der Waals surface area contributed by atoms with Gasteiger partial charge in [-0.3, -0.25) is 4.79 Å². The van der Waals surface area contributed by atoms with Crippen molar-refractivity contribution in [2.24, 2.45) is 7.05 Å². The first-order valence-electron chi connectivity index (χ1n) is 10.5. The number of H-pyrrole nitrogens is 1. The zero-order valence-corrected chi connectivity index (χ0v) is 21.8. The fourth-order valence-electron chi connectivity index (χ4n) is 3.86. The second kappa shape index (κ2) is 10.0. The largest absolute Gasteiger partial charge is 0.477 e. The summed E-state index contributed by atoms with van der Waals surface area (Å²) in [4.78, 5) is 38.5. The summed E-state index contributed by atoms with van der Waals surface area (Å²) in [6.07, 6.45) is 1.61. The molecular weight excluding hydrogens is 550 g/mol. The van der Waals surface area contributed by atoms with Crippen LogP contribution in [0.1, 0.15) is 39.2 Å². The van der Waals surface area contributed by atoms with Crippen molar-refractivity contribution in [2.75, 3.05) is 24.6 Å². The number of anilines is 1. The molecule has 4 heterocycles. The minimum absolute atomic E-state index is 0.0943. The molecule has 0 aliphatic carbocycles. The number of piperidine rings is 1. The third-order valence-electron chi connectivity index (χ3n) is 5.54. The van der Waals surface area contributed by atoms with E-state index in [0.29, 0.717) is 52.3 Å². The van der Waals surface area contributed by atoms with Crippen LogP contribution >= 0.6 is 38.9 Å². The number of carboxylic acids is 1. The normalized spacial score (nSPS) is 18.3. The number of aryl methyl sites for hydroxylation is 2. The van der Waals surface area contributed by atoms with Gasteiger partial charge in [-0.25, -0.2) is 19.4 Å². The maximum Gasteiger partial charge on any atom is 0.348 e. The zero-order chi connectivity index (χ0) is 24.6. The summed E-state index contributed by atoms with van der Waals surface area (Å²) < 4.78 is 8.09. The number of rotatable bonds is 7. The van der Waals surface area contributed by atoms with E-state index in [-0.39, 0.29) is 28.6 Å². The van der Waals surface area contributed by atoms with Gasteiger partial charge in [0.1, 0.15) is 22.6 Å². The van der Waals surface area contributed by atoms with E-state index < -0.39 is 5.97 Å². The molecule has 4 rings (SSSR count). The molecule has 3 N–H and O–H groups in total. The van der Waals surface area contributed by atoms with E-state index in [4.69, 9.17) is 16.3 Å². The Balaban J connectivity index is 1.54. The molecule has 0 saturated carbocycles. The standard InChI is InChI=1S/C20H23BrClN7O4S/c1-4-33-11-7-29(6-5-10(11)26-18(30)14-13(22)12(21)9(2)25-14)20-27-15(16(34-20)19(31)32)17-23-8-24-28(17)3/h8,10-11,25H,4-7H2,1-3H3,(H,26,30)(H,31,32). The summed E-state index contributed by atoms with van der Waals surface area (Å²) in [6.45, 7) is 5.16. The van der Waals surface area contributed by atoms with E-state index in [1.165, 1.54) is 11.0 Å². The average molecular weight is 573 g/mol. The fraction of sp³-hybridized carbons (Fsp3) is 0.450. The lowest BCUT2D eigenvalue weighted by atomic mass is 10.0. The van der Waals surface area contributed by atoms with Gasteiger partial charge in [0.05, 0.1) is 21.6 Å². The van der Waals surface area contributed by atoms with Crippen LogP contribution in [0.5, 0.6) is 0 Å². The average Bonchev–Trinajstić information content (AvgIpc) is 3.49. The first kappa shape index (κ1) is 24.6. The number of ether oxygens (including phenoxy) is 1. The van der Waals surface area contributed by atoms with Gasteiger partial charge in [0.15, 0.2) is 11.0 Å². The van der Waals surface area contributed by atoms with Crippen LogP contribution in [0, 0.1) is 6.92 Å². The Bertz CT molecular complexity index is 1230. The monoisotopic (exact) mass is 571 g/mol. The molecule has 182 valence electrons. The molecule has 2 unspecified atom stereocenters. The van der Waals surface area contributed by atoms with Gasteiger partial charge in [-0.15, -0.1) is 0 Å². The molecule has 34 heavy (non-hydrogen) atoms. The topological polar surface area (TPSA) is 138 Å². The highest BCUT2D eigenvalue weighted by Crippen LogP contribution is 2.34. The molecule has 1 aliphatic heterocycles. The highest BCUT2D eigenvalue weighted by molar-refractivity contribution is 9.10. The van der Waals surface area contributed by atoms with Crippen LogP contribution in [0.15, 0.2) is 10.8 Å². The Labute approximate surface area is 212 Å². The highest BCUT2D eigenvalue weighted by atomic mass is 79.9. The number of thiazole rings is 1. The first-order valence-corrected chi connectivity index (χ1v) is 12.5. The summed E-state index contributed by atoms with van der Waals surface area (Å²) in [6, 6.07) is -0.251. The lowest BCUT2D eigenvalue weighted by molar-refractivity contribution is 0.0272. The smallest absolute Gasteiger partial charge is 0.348 e. The predicted molar refractivity (Wildman–Crippen MR) is 131 cm³/mol. The number of amides is 1. The van der Waals surface area contributed by atoms with Gasteiger partial charge in [0.25, 0.3) is 5.91 Å². The Morgan fingerprint density at radius 2 is 2.24 bits per heavy atom. The molecule has 2 atom stereocenters. The van der Waals surface area contributed by atoms with E-state index in [1.807, 2.05) is 18.7 Å². The second-order valence-corrected chi connectivity index (χ2v) is 9.90. The maximum absolute atomic E-state index is 12.9. The van der Waals surface area contributed by atoms with Gasteiger partial charge in [-0.05, 0) is 36.2 Å². The number of carbonyl (C=O) groups is 2. The van der Waals surface area contributed by atoms with E-state index in [2.05, 4.69) is 41.3 Å². The molecule has 14 heteroatoms. The highest BCUT2D eigenvalue weighted by Gasteiger charge is 2.34. The molecule has 1 aliphatic rings. The van der Waals surface area contributed by atoms with Crippen molar-refractivity contribution in [1.82, 2.24) is 30.0 Å². The predicted octanol–water partition coefficient (Wildman–Crippen LogP) is 3.10. The van der Waals surface area contributed by atoms with Crippen molar-refractivity contribution in [1.29, 1.82) is 0 Å².